The van der Waals surface area contributed by atoms with Gasteiger partial charge in [0.05, 0.1) is 27.7 Å². The van der Waals surface area contributed by atoms with E-state index >= 15 is 0 Å². The summed E-state index contributed by atoms with van der Waals surface area (Å²) in [6.07, 6.45) is 6.53. The van der Waals surface area contributed by atoms with Crippen molar-refractivity contribution in [2.75, 3.05) is 6.54 Å². The van der Waals surface area contributed by atoms with E-state index in [4.69, 9.17) is 16.7 Å². The van der Waals surface area contributed by atoms with Crippen LogP contribution in [0, 0.1) is 17.8 Å². The summed E-state index contributed by atoms with van der Waals surface area (Å²) in [5.41, 5.74) is 1.84. The van der Waals surface area contributed by atoms with Crippen LogP contribution >= 0.6 is 11.6 Å². The first-order valence-electron chi connectivity index (χ1n) is 14.5. The highest BCUT2D eigenvalue weighted by atomic mass is 35.5. The average Bonchev–Trinajstić information content (AvgIpc) is 3.52. The van der Waals surface area contributed by atoms with Gasteiger partial charge in [0.25, 0.3) is 5.91 Å². The van der Waals surface area contributed by atoms with Gasteiger partial charge in [-0.25, -0.2) is 4.68 Å². The minimum absolute atomic E-state index is 0.0253. The molecule has 1 aromatic carbocycles. The van der Waals surface area contributed by atoms with Crippen LogP contribution in [-0.4, -0.2) is 32.0 Å². The van der Waals surface area contributed by atoms with Gasteiger partial charge in [-0.2, -0.15) is 23.4 Å². The number of amides is 1. The van der Waals surface area contributed by atoms with Crippen molar-refractivity contribution in [3.63, 3.8) is 0 Å². The molecule has 0 unspecified atom stereocenters. The lowest BCUT2D eigenvalue weighted by Crippen LogP contribution is -2.49. The zero-order chi connectivity index (χ0) is 27.6. The van der Waals surface area contributed by atoms with Gasteiger partial charge >= 0.3 is 6.18 Å². The van der Waals surface area contributed by atoms with E-state index in [1.54, 1.807) is 0 Å². The predicted molar refractivity (Wildman–Crippen MR) is 145 cm³/mol. The molecule has 0 radical (unpaired) electrons. The molecule has 40 heavy (non-hydrogen) atoms. The zero-order valence-corrected chi connectivity index (χ0v) is 23.0. The van der Waals surface area contributed by atoms with Gasteiger partial charge in [-0.15, -0.1) is 0 Å². The third-order valence-electron chi connectivity index (χ3n) is 9.52. The Morgan fingerprint density at radius 1 is 1.02 bits per heavy atom. The van der Waals surface area contributed by atoms with Crippen LogP contribution in [-0.2, 0) is 18.1 Å². The second kappa shape index (κ2) is 9.64. The summed E-state index contributed by atoms with van der Waals surface area (Å²) in [6, 6.07) is 9.85. The highest BCUT2D eigenvalue weighted by molar-refractivity contribution is 6.32. The van der Waals surface area contributed by atoms with E-state index in [1.807, 2.05) is 41.2 Å². The van der Waals surface area contributed by atoms with Crippen molar-refractivity contribution in [3.05, 3.63) is 64.2 Å². The Morgan fingerprint density at radius 2 is 1.68 bits per heavy atom. The number of carbonyl (C=O) groups excluding carboxylic acids is 1. The van der Waals surface area contributed by atoms with Crippen LogP contribution in [0.5, 0.6) is 0 Å². The van der Waals surface area contributed by atoms with E-state index in [-0.39, 0.29) is 28.8 Å². The van der Waals surface area contributed by atoms with Crippen molar-refractivity contribution in [3.8, 4) is 5.69 Å². The van der Waals surface area contributed by atoms with Crippen molar-refractivity contribution in [1.29, 1.82) is 0 Å². The molecule has 0 aliphatic heterocycles. The van der Waals surface area contributed by atoms with Gasteiger partial charge in [-0.1, -0.05) is 29.8 Å². The average molecular weight is 572 g/mol. The lowest BCUT2D eigenvalue weighted by molar-refractivity contribution is -0.141. The van der Waals surface area contributed by atoms with Gasteiger partial charge in [0.1, 0.15) is 0 Å². The van der Waals surface area contributed by atoms with Crippen molar-refractivity contribution in [1.82, 2.24) is 24.9 Å². The molecule has 5 aliphatic carbocycles. The van der Waals surface area contributed by atoms with Crippen molar-refractivity contribution < 1.29 is 18.0 Å². The van der Waals surface area contributed by atoms with E-state index in [9.17, 15) is 18.0 Å². The van der Waals surface area contributed by atoms with Crippen LogP contribution in [0.4, 0.5) is 13.2 Å². The van der Waals surface area contributed by atoms with Crippen LogP contribution in [0.3, 0.4) is 0 Å². The van der Waals surface area contributed by atoms with E-state index in [0.29, 0.717) is 42.0 Å². The molecule has 5 fully saturated rings. The molecule has 2 aromatic heterocycles. The Bertz CT molecular complexity index is 1390. The molecule has 212 valence electrons. The number of halogens is 4. The smallest absolute Gasteiger partial charge is 0.352 e. The van der Waals surface area contributed by atoms with Crippen LogP contribution in [0.25, 0.3) is 5.69 Å². The number of benzene rings is 1. The predicted octanol–water partition coefficient (Wildman–Crippen LogP) is 6.91. The van der Waals surface area contributed by atoms with E-state index in [2.05, 4.69) is 10.4 Å². The number of para-hydroxylation sites is 1. The number of rotatable bonds is 8. The fraction of sp³-hybridized carbons (Fsp3) is 0.567. The summed E-state index contributed by atoms with van der Waals surface area (Å²) < 4.78 is 43.5. The Kier molecular flexibility index (Phi) is 6.29. The summed E-state index contributed by atoms with van der Waals surface area (Å²) >= 11 is 6.11. The van der Waals surface area contributed by atoms with Crippen LogP contribution in [0.2, 0.25) is 5.02 Å². The lowest BCUT2D eigenvalue weighted by atomic mass is 9.48. The molecule has 2 heterocycles. The number of aromatic nitrogens is 4. The Labute approximate surface area is 236 Å². The number of nitrogens with zero attached hydrogens (tertiary/aromatic N) is 4. The molecular formula is C30H33ClF3N5O. The first kappa shape index (κ1) is 26.1. The number of nitrogens with one attached hydrogen (secondary N) is 1. The summed E-state index contributed by atoms with van der Waals surface area (Å²) in [7, 11) is 0. The molecule has 10 heteroatoms. The molecule has 1 N–H and O–H groups in total. The monoisotopic (exact) mass is 571 g/mol. The molecule has 8 rings (SSSR count). The first-order valence-corrected chi connectivity index (χ1v) is 14.8. The summed E-state index contributed by atoms with van der Waals surface area (Å²) in [5.74, 6) is 1.99. The molecule has 5 aliphatic rings. The lowest BCUT2D eigenvalue weighted by Gasteiger charge is -2.56. The van der Waals surface area contributed by atoms with E-state index in [1.165, 1.54) is 23.9 Å². The second-order valence-corrected chi connectivity index (χ2v) is 12.9. The zero-order valence-electron chi connectivity index (χ0n) is 22.3. The molecule has 5 saturated carbocycles. The summed E-state index contributed by atoms with van der Waals surface area (Å²) in [6.45, 7) is 0.575. The van der Waals surface area contributed by atoms with Gasteiger partial charge in [0.2, 0.25) is 0 Å². The van der Waals surface area contributed by atoms with Crippen LogP contribution in [0.1, 0.15) is 91.1 Å². The summed E-state index contributed by atoms with van der Waals surface area (Å²) in [5, 5.41) is 11.6. The maximum absolute atomic E-state index is 13.6. The third kappa shape index (κ3) is 4.64. The number of carbonyl (C=O) groups is 1. The Morgan fingerprint density at radius 3 is 2.27 bits per heavy atom. The number of hydrogen-bond acceptors (Lipinski definition) is 3. The fourth-order valence-corrected chi connectivity index (χ4v) is 8.52. The first-order chi connectivity index (χ1) is 19.2. The van der Waals surface area contributed by atoms with Gasteiger partial charge in [0, 0.05) is 30.6 Å². The quantitative estimate of drug-likeness (QED) is 0.299. The van der Waals surface area contributed by atoms with Crippen LogP contribution < -0.4 is 5.32 Å². The molecule has 3 aromatic rings. The fourth-order valence-electron chi connectivity index (χ4n) is 8.12. The Hall–Kier alpha value is -2.81. The topological polar surface area (TPSA) is 64.7 Å². The number of alkyl halides is 3. The van der Waals surface area contributed by atoms with Crippen molar-refractivity contribution >= 4 is 17.5 Å². The number of hydrogen-bond donors (Lipinski definition) is 1. The standard InChI is InChI=1S/C30H33ClF3N5O/c31-24-25(21-7-8-21)38(37-27(24)30(32,33)34)10-4-9-35-28(40)23-17-39(22-5-2-1-3-6-22)36-26(23)29-14-18-11-19(15-29)13-20(12-18)16-29/h1-3,5-6,17-21H,4,7-16H2,(H,35,40). The SMILES string of the molecule is O=C(NCCCn1nc(C(F)(F)F)c(Cl)c1C1CC1)c1cn(-c2ccccc2)nc1C12CC3CC(CC(C3)C1)C2. The highest BCUT2D eigenvalue weighted by Crippen LogP contribution is 2.61. The van der Waals surface area contributed by atoms with Gasteiger partial charge < -0.3 is 5.32 Å². The maximum atomic E-state index is 13.6. The van der Waals surface area contributed by atoms with Crippen molar-refractivity contribution in [2.24, 2.45) is 17.8 Å². The Balaban J connectivity index is 1.10. The second-order valence-electron chi connectivity index (χ2n) is 12.5. The van der Waals surface area contributed by atoms with Gasteiger partial charge in [-0.3, -0.25) is 9.48 Å². The molecule has 6 nitrogen and oxygen atoms in total. The van der Waals surface area contributed by atoms with Gasteiger partial charge in [0.15, 0.2) is 5.69 Å². The molecule has 1 amide bonds. The largest absolute Gasteiger partial charge is 0.436 e. The highest BCUT2D eigenvalue weighted by Gasteiger charge is 2.54. The molecule has 0 saturated heterocycles. The minimum Gasteiger partial charge on any atom is -0.352 e. The molecule has 0 spiro atoms. The molecular weight excluding hydrogens is 539 g/mol. The van der Waals surface area contributed by atoms with Gasteiger partial charge in [-0.05, 0) is 87.7 Å². The number of aryl methyl sites for hydroxylation is 1. The maximum Gasteiger partial charge on any atom is 0.436 e. The third-order valence-corrected chi connectivity index (χ3v) is 9.89. The minimum atomic E-state index is -4.59. The molecule has 0 atom stereocenters. The van der Waals surface area contributed by atoms with E-state index in [0.717, 1.165) is 43.5 Å². The molecule has 4 bridgehead atoms. The normalized spacial score (nSPS) is 27.4. The van der Waals surface area contributed by atoms with E-state index < -0.39 is 11.9 Å². The van der Waals surface area contributed by atoms with Crippen molar-refractivity contribution in [2.45, 2.75) is 81.8 Å². The van der Waals surface area contributed by atoms with Crippen LogP contribution in [0.15, 0.2) is 36.5 Å². The summed E-state index contributed by atoms with van der Waals surface area (Å²) in [4.78, 5) is 13.6.